The zero-order chi connectivity index (χ0) is 12.0. The van der Waals surface area contributed by atoms with Gasteiger partial charge < -0.3 is 10.2 Å². The van der Waals surface area contributed by atoms with Crippen LogP contribution in [0.15, 0.2) is 6.07 Å². The number of nitrogens with zero attached hydrogens (tertiary/aromatic N) is 4. The summed E-state index contributed by atoms with van der Waals surface area (Å²) in [6.45, 7) is 5.40. The van der Waals surface area contributed by atoms with Gasteiger partial charge in [0.1, 0.15) is 17.5 Å². The summed E-state index contributed by atoms with van der Waals surface area (Å²) in [6, 6.07) is 4.02. The van der Waals surface area contributed by atoms with Gasteiger partial charge in [-0.2, -0.15) is 5.26 Å². The fourth-order valence-corrected chi connectivity index (χ4v) is 1.35. The number of nitrogens with one attached hydrogen (secondary N) is 1. The van der Waals surface area contributed by atoms with E-state index in [0.29, 0.717) is 13.0 Å². The molecule has 1 rings (SSSR count). The van der Waals surface area contributed by atoms with Crippen molar-refractivity contribution in [1.82, 2.24) is 9.97 Å². The van der Waals surface area contributed by atoms with E-state index in [1.54, 1.807) is 0 Å². The van der Waals surface area contributed by atoms with Crippen LogP contribution in [0.5, 0.6) is 0 Å². The molecule has 5 heteroatoms. The molecule has 0 aliphatic carbocycles. The quantitative estimate of drug-likeness (QED) is 0.814. The maximum Gasteiger partial charge on any atom is 0.134 e. The second kappa shape index (κ2) is 5.91. The molecule has 1 aromatic rings. The molecule has 0 spiro atoms. The highest BCUT2D eigenvalue weighted by Crippen LogP contribution is 2.14. The van der Waals surface area contributed by atoms with Gasteiger partial charge in [-0.05, 0) is 13.8 Å². The van der Waals surface area contributed by atoms with Crippen molar-refractivity contribution in [3.63, 3.8) is 0 Å². The largest absolute Gasteiger partial charge is 0.370 e. The molecule has 0 amide bonds. The van der Waals surface area contributed by atoms with E-state index >= 15 is 0 Å². The standard InChI is InChI=1S/C11H17N5/c1-4-13-10-8-11(15-9(2)14-10)16(3)7-5-6-12/h8H,4-5,7H2,1-3H3,(H,13,14,15). The molecule has 0 fully saturated rings. The summed E-state index contributed by atoms with van der Waals surface area (Å²) in [5.41, 5.74) is 0. The minimum Gasteiger partial charge on any atom is -0.370 e. The molecule has 86 valence electrons. The maximum atomic E-state index is 8.53. The Hall–Kier alpha value is -1.83. The molecule has 16 heavy (non-hydrogen) atoms. The summed E-state index contributed by atoms with van der Waals surface area (Å²) in [6.07, 6.45) is 0.496. The van der Waals surface area contributed by atoms with Gasteiger partial charge >= 0.3 is 0 Å². The average molecular weight is 219 g/mol. The first-order chi connectivity index (χ1) is 7.67. The molecule has 1 aromatic heterocycles. The zero-order valence-electron chi connectivity index (χ0n) is 9.99. The molecule has 0 bridgehead atoms. The molecule has 0 aliphatic rings. The second-order valence-corrected chi connectivity index (χ2v) is 3.52. The number of hydrogen-bond acceptors (Lipinski definition) is 5. The summed E-state index contributed by atoms with van der Waals surface area (Å²) in [5.74, 6) is 2.41. The number of rotatable bonds is 5. The summed E-state index contributed by atoms with van der Waals surface area (Å²) in [4.78, 5) is 10.6. The molecule has 5 nitrogen and oxygen atoms in total. The van der Waals surface area contributed by atoms with Crippen molar-refractivity contribution in [1.29, 1.82) is 5.26 Å². The van der Waals surface area contributed by atoms with Crippen LogP contribution in [-0.4, -0.2) is 30.1 Å². The summed E-state index contributed by atoms with van der Waals surface area (Å²) < 4.78 is 0. The Morgan fingerprint density at radius 2 is 2.25 bits per heavy atom. The van der Waals surface area contributed by atoms with Gasteiger partial charge in [-0.15, -0.1) is 0 Å². The molecule has 0 atom stereocenters. The third-order valence-electron chi connectivity index (χ3n) is 2.13. The third-order valence-corrected chi connectivity index (χ3v) is 2.13. The first kappa shape index (κ1) is 12.2. The van der Waals surface area contributed by atoms with E-state index in [-0.39, 0.29) is 0 Å². The van der Waals surface area contributed by atoms with Crippen LogP contribution >= 0.6 is 0 Å². The molecular formula is C11H17N5. The van der Waals surface area contributed by atoms with E-state index in [2.05, 4.69) is 21.4 Å². The van der Waals surface area contributed by atoms with Crippen LogP contribution in [0, 0.1) is 18.3 Å². The Morgan fingerprint density at radius 1 is 1.50 bits per heavy atom. The summed E-state index contributed by atoms with van der Waals surface area (Å²) in [7, 11) is 1.93. The van der Waals surface area contributed by atoms with Crippen LogP contribution in [0.2, 0.25) is 0 Å². The monoisotopic (exact) mass is 219 g/mol. The lowest BCUT2D eigenvalue weighted by Crippen LogP contribution is -2.20. The number of nitriles is 1. The maximum absolute atomic E-state index is 8.53. The first-order valence-electron chi connectivity index (χ1n) is 5.35. The van der Waals surface area contributed by atoms with E-state index in [9.17, 15) is 0 Å². The van der Waals surface area contributed by atoms with Gasteiger partial charge in [0, 0.05) is 26.2 Å². The Kier molecular flexibility index (Phi) is 4.52. The van der Waals surface area contributed by atoms with Crippen molar-refractivity contribution in [3.8, 4) is 6.07 Å². The lowest BCUT2D eigenvalue weighted by atomic mass is 10.4. The normalized spacial score (nSPS) is 9.62. The number of anilines is 2. The smallest absolute Gasteiger partial charge is 0.134 e. The SMILES string of the molecule is CCNc1cc(N(C)CCC#N)nc(C)n1. The fourth-order valence-electron chi connectivity index (χ4n) is 1.35. The summed E-state index contributed by atoms with van der Waals surface area (Å²) >= 11 is 0. The molecule has 0 radical (unpaired) electrons. The minimum atomic E-state index is 0.496. The van der Waals surface area contributed by atoms with Gasteiger partial charge in [-0.25, -0.2) is 9.97 Å². The molecule has 0 saturated heterocycles. The van der Waals surface area contributed by atoms with Gasteiger partial charge in [0.05, 0.1) is 12.5 Å². The molecule has 0 aromatic carbocycles. The van der Waals surface area contributed by atoms with Gasteiger partial charge in [-0.1, -0.05) is 0 Å². The number of aromatic nitrogens is 2. The number of aryl methyl sites for hydroxylation is 1. The molecule has 0 saturated carbocycles. The van der Waals surface area contributed by atoms with Crippen LogP contribution in [0.25, 0.3) is 0 Å². The molecular weight excluding hydrogens is 202 g/mol. The predicted molar refractivity (Wildman–Crippen MR) is 64.4 cm³/mol. The van der Waals surface area contributed by atoms with E-state index in [1.807, 2.05) is 31.9 Å². The highest BCUT2D eigenvalue weighted by atomic mass is 15.2. The van der Waals surface area contributed by atoms with Crippen LogP contribution in [0.4, 0.5) is 11.6 Å². The van der Waals surface area contributed by atoms with Gasteiger partial charge in [-0.3, -0.25) is 0 Å². The number of hydrogen-bond donors (Lipinski definition) is 1. The average Bonchev–Trinajstić information content (AvgIpc) is 2.25. The highest BCUT2D eigenvalue weighted by molar-refractivity contribution is 5.48. The van der Waals surface area contributed by atoms with Crippen LogP contribution in [0.3, 0.4) is 0 Å². The second-order valence-electron chi connectivity index (χ2n) is 3.52. The topological polar surface area (TPSA) is 64.8 Å². The van der Waals surface area contributed by atoms with Crippen LogP contribution in [0.1, 0.15) is 19.2 Å². The lowest BCUT2D eigenvalue weighted by Gasteiger charge is -2.17. The van der Waals surface area contributed by atoms with Crippen molar-refractivity contribution in [2.24, 2.45) is 0 Å². The Labute approximate surface area is 96.1 Å². The fraction of sp³-hybridized carbons (Fsp3) is 0.545. The molecule has 1 N–H and O–H groups in total. The van der Waals surface area contributed by atoms with Gasteiger partial charge in [0.15, 0.2) is 0 Å². The molecule has 0 unspecified atom stereocenters. The molecule has 1 heterocycles. The Balaban J connectivity index is 2.82. The van der Waals surface area contributed by atoms with Crippen molar-refractivity contribution >= 4 is 11.6 Å². The van der Waals surface area contributed by atoms with E-state index in [1.165, 1.54) is 0 Å². The third kappa shape index (κ3) is 3.39. The van der Waals surface area contributed by atoms with Crippen molar-refractivity contribution in [3.05, 3.63) is 11.9 Å². The molecule has 0 aliphatic heterocycles. The van der Waals surface area contributed by atoms with Crippen molar-refractivity contribution < 1.29 is 0 Å². The van der Waals surface area contributed by atoms with Crippen molar-refractivity contribution in [2.75, 3.05) is 30.4 Å². The van der Waals surface area contributed by atoms with E-state index < -0.39 is 0 Å². The van der Waals surface area contributed by atoms with E-state index in [0.717, 1.165) is 24.0 Å². The van der Waals surface area contributed by atoms with Crippen LogP contribution in [-0.2, 0) is 0 Å². The minimum absolute atomic E-state index is 0.496. The van der Waals surface area contributed by atoms with E-state index in [4.69, 9.17) is 5.26 Å². The van der Waals surface area contributed by atoms with Gasteiger partial charge in [0.2, 0.25) is 0 Å². The first-order valence-corrected chi connectivity index (χ1v) is 5.35. The van der Waals surface area contributed by atoms with Gasteiger partial charge in [0.25, 0.3) is 0 Å². The Bertz CT molecular complexity index is 382. The zero-order valence-corrected chi connectivity index (χ0v) is 9.99. The predicted octanol–water partition coefficient (Wildman–Crippen LogP) is 1.57. The summed E-state index contributed by atoms with van der Waals surface area (Å²) in [5, 5.41) is 11.7. The highest BCUT2D eigenvalue weighted by Gasteiger charge is 2.05. The van der Waals surface area contributed by atoms with Crippen LogP contribution < -0.4 is 10.2 Å². The van der Waals surface area contributed by atoms with Crippen molar-refractivity contribution in [2.45, 2.75) is 20.3 Å². The lowest BCUT2D eigenvalue weighted by molar-refractivity contribution is 0.870. The Morgan fingerprint density at radius 3 is 2.88 bits per heavy atom.